The molecule has 0 spiro atoms. The molecule has 2 aromatic rings. The zero-order valence-corrected chi connectivity index (χ0v) is 12.9. The minimum Gasteiger partial charge on any atom is -0.307 e. The Morgan fingerprint density at radius 3 is 2.62 bits per heavy atom. The summed E-state index contributed by atoms with van der Waals surface area (Å²) in [4.78, 5) is 4.78. The van der Waals surface area contributed by atoms with Crippen LogP contribution in [0.15, 0.2) is 35.7 Å². The maximum atomic E-state index is 4.78. The molecule has 3 fully saturated rings. The molecule has 4 atom stereocenters. The van der Waals surface area contributed by atoms with Crippen molar-refractivity contribution in [3.05, 3.63) is 40.7 Å². The maximum absolute atomic E-state index is 4.78. The van der Waals surface area contributed by atoms with Crippen LogP contribution in [0.5, 0.6) is 0 Å². The minimum absolute atomic E-state index is 0.806. The molecule has 21 heavy (non-hydrogen) atoms. The van der Waals surface area contributed by atoms with Crippen molar-refractivity contribution in [3.8, 4) is 11.3 Å². The monoisotopic (exact) mass is 296 g/mol. The first-order valence-electron chi connectivity index (χ1n) is 8.13. The lowest BCUT2D eigenvalue weighted by atomic mass is 10.0. The van der Waals surface area contributed by atoms with Crippen LogP contribution in [-0.4, -0.2) is 11.0 Å². The van der Waals surface area contributed by atoms with Gasteiger partial charge in [0.25, 0.3) is 0 Å². The molecule has 1 heterocycles. The molecule has 108 valence electrons. The van der Waals surface area contributed by atoms with E-state index >= 15 is 0 Å². The first kappa shape index (κ1) is 12.4. The second-order valence-electron chi connectivity index (χ2n) is 6.89. The van der Waals surface area contributed by atoms with Gasteiger partial charge in [0.15, 0.2) is 0 Å². The van der Waals surface area contributed by atoms with Crippen molar-refractivity contribution in [2.24, 2.45) is 23.7 Å². The summed E-state index contributed by atoms with van der Waals surface area (Å²) >= 11 is 1.79. The highest BCUT2D eigenvalue weighted by molar-refractivity contribution is 7.09. The van der Waals surface area contributed by atoms with E-state index in [0.29, 0.717) is 0 Å². The van der Waals surface area contributed by atoms with E-state index < -0.39 is 0 Å². The molecule has 1 N–H and O–H groups in total. The topological polar surface area (TPSA) is 24.9 Å². The molecule has 1 aromatic carbocycles. The first-order chi connectivity index (χ1) is 10.4. The minimum atomic E-state index is 0.806. The number of thiazole rings is 1. The molecule has 0 radical (unpaired) electrons. The van der Waals surface area contributed by atoms with E-state index in [2.05, 4.69) is 41.0 Å². The summed E-state index contributed by atoms with van der Waals surface area (Å²) in [5, 5.41) is 7.20. The quantitative estimate of drug-likeness (QED) is 0.924. The van der Waals surface area contributed by atoms with E-state index in [4.69, 9.17) is 4.98 Å². The van der Waals surface area contributed by atoms with Gasteiger partial charge in [-0.1, -0.05) is 30.3 Å². The van der Waals surface area contributed by atoms with Gasteiger partial charge in [0.05, 0.1) is 5.69 Å². The summed E-state index contributed by atoms with van der Waals surface area (Å²) in [6.45, 7) is 0.953. The van der Waals surface area contributed by atoms with E-state index in [9.17, 15) is 0 Å². The summed E-state index contributed by atoms with van der Waals surface area (Å²) in [5.41, 5.74) is 2.34. The normalized spacial score (nSPS) is 35.9. The second kappa shape index (κ2) is 4.65. The fraction of sp³-hybridized carbons (Fsp3) is 0.500. The molecule has 0 aliphatic heterocycles. The number of fused-ring (bicyclic) bond motifs is 5. The summed E-state index contributed by atoms with van der Waals surface area (Å²) in [6.07, 6.45) is 4.53. The molecular weight excluding hydrogens is 276 g/mol. The lowest BCUT2D eigenvalue weighted by molar-refractivity contribution is 0.456. The summed E-state index contributed by atoms with van der Waals surface area (Å²) in [5.74, 6) is 4.12. The predicted molar refractivity (Wildman–Crippen MR) is 86.0 cm³/mol. The molecule has 0 saturated heterocycles. The SMILES string of the molecule is c1ccc(-c2csc(CNC3C4C5CCC(C5)C34)n2)cc1. The molecule has 2 bridgehead atoms. The molecule has 3 aliphatic rings. The van der Waals surface area contributed by atoms with Crippen molar-refractivity contribution < 1.29 is 0 Å². The van der Waals surface area contributed by atoms with Gasteiger partial charge in [-0.25, -0.2) is 4.98 Å². The van der Waals surface area contributed by atoms with Gasteiger partial charge in [0.1, 0.15) is 5.01 Å². The zero-order chi connectivity index (χ0) is 13.8. The van der Waals surface area contributed by atoms with Crippen LogP contribution in [0, 0.1) is 23.7 Å². The van der Waals surface area contributed by atoms with Gasteiger partial charge in [-0.05, 0) is 42.9 Å². The van der Waals surface area contributed by atoms with Crippen LogP contribution in [0.3, 0.4) is 0 Å². The smallest absolute Gasteiger partial charge is 0.107 e. The molecule has 1 aromatic heterocycles. The summed E-state index contributed by atoms with van der Waals surface area (Å²) in [7, 11) is 0. The number of hydrogen-bond donors (Lipinski definition) is 1. The lowest BCUT2D eigenvalue weighted by Crippen LogP contribution is -2.22. The number of aromatic nitrogens is 1. The van der Waals surface area contributed by atoms with Crippen LogP contribution in [-0.2, 0) is 6.54 Å². The largest absolute Gasteiger partial charge is 0.307 e. The first-order valence-corrected chi connectivity index (χ1v) is 9.01. The number of benzene rings is 1. The Kier molecular flexibility index (Phi) is 2.74. The standard InChI is InChI=1S/C18H20N2S/c1-2-4-11(5-3-1)14-10-21-15(20-14)9-19-18-16-12-6-7-13(8-12)17(16)18/h1-5,10,12-13,16-19H,6-9H2. The summed E-state index contributed by atoms with van der Waals surface area (Å²) < 4.78 is 0. The Balaban J connectivity index is 1.24. The molecule has 5 rings (SSSR count). The number of nitrogens with one attached hydrogen (secondary N) is 1. The van der Waals surface area contributed by atoms with E-state index in [0.717, 1.165) is 42.0 Å². The van der Waals surface area contributed by atoms with Crippen LogP contribution in [0.2, 0.25) is 0 Å². The molecule has 2 nitrogen and oxygen atoms in total. The molecule has 3 aliphatic carbocycles. The highest BCUT2D eigenvalue weighted by Gasteiger charge is 2.64. The Hall–Kier alpha value is -1.19. The Labute approximate surface area is 129 Å². The van der Waals surface area contributed by atoms with E-state index in [-0.39, 0.29) is 0 Å². The van der Waals surface area contributed by atoms with Crippen molar-refractivity contribution in [3.63, 3.8) is 0 Å². The van der Waals surface area contributed by atoms with Gasteiger partial charge in [0.2, 0.25) is 0 Å². The van der Waals surface area contributed by atoms with Crippen LogP contribution in [0.4, 0.5) is 0 Å². The van der Waals surface area contributed by atoms with Gasteiger partial charge in [-0.15, -0.1) is 11.3 Å². The predicted octanol–water partition coefficient (Wildman–Crippen LogP) is 3.94. The van der Waals surface area contributed by atoms with Crippen LogP contribution >= 0.6 is 11.3 Å². The third kappa shape index (κ3) is 1.98. The number of nitrogens with zero attached hydrogens (tertiary/aromatic N) is 1. The zero-order valence-electron chi connectivity index (χ0n) is 12.0. The van der Waals surface area contributed by atoms with Crippen molar-refractivity contribution in [1.29, 1.82) is 0 Å². The van der Waals surface area contributed by atoms with Gasteiger partial charge in [0, 0.05) is 23.5 Å². The Morgan fingerprint density at radius 2 is 1.86 bits per heavy atom. The van der Waals surface area contributed by atoms with Crippen molar-refractivity contribution >= 4 is 11.3 Å². The van der Waals surface area contributed by atoms with Crippen LogP contribution in [0.25, 0.3) is 11.3 Å². The van der Waals surface area contributed by atoms with Crippen LogP contribution < -0.4 is 5.32 Å². The van der Waals surface area contributed by atoms with Crippen molar-refractivity contribution in [1.82, 2.24) is 10.3 Å². The average Bonchev–Trinajstić information content (AvgIpc) is 2.95. The highest BCUT2D eigenvalue weighted by atomic mass is 32.1. The summed E-state index contributed by atoms with van der Waals surface area (Å²) in [6, 6.07) is 11.3. The average molecular weight is 296 g/mol. The van der Waals surface area contributed by atoms with Gasteiger partial charge < -0.3 is 5.32 Å². The van der Waals surface area contributed by atoms with E-state index in [1.54, 1.807) is 11.3 Å². The van der Waals surface area contributed by atoms with Gasteiger partial charge >= 0.3 is 0 Å². The third-order valence-corrected chi connectivity index (χ3v) is 6.69. The van der Waals surface area contributed by atoms with Crippen molar-refractivity contribution in [2.45, 2.75) is 31.8 Å². The molecule has 0 amide bonds. The molecule has 3 heteroatoms. The highest BCUT2D eigenvalue weighted by Crippen LogP contribution is 2.65. The maximum Gasteiger partial charge on any atom is 0.107 e. The second-order valence-corrected chi connectivity index (χ2v) is 7.83. The lowest BCUT2D eigenvalue weighted by Gasteiger charge is -2.09. The van der Waals surface area contributed by atoms with Crippen molar-refractivity contribution in [2.75, 3.05) is 0 Å². The Bertz CT molecular complexity index is 634. The fourth-order valence-electron chi connectivity index (χ4n) is 4.94. The van der Waals surface area contributed by atoms with E-state index in [1.165, 1.54) is 29.8 Å². The molecule has 4 unspecified atom stereocenters. The number of rotatable bonds is 4. The van der Waals surface area contributed by atoms with Crippen LogP contribution in [0.1, 0.15) is 24.3 Å². The Morgan fingerprint density at radius 1 is 1.10 bits per heavy atom. The van der Waals surface area contributed by atoms with E-state index in [1.807, 2.05) is 0 Å². The fourth-order valence-corrected chi connectivity index (χ4v) is 5.69. The number of hydrogen-bond acceptors (Lipinski definition) is 3. The molecule has 3 saturated carbocycles. The van der Waals surface area contributed by atoms with Gasteiger partial charge in [-0.3, -0.25) is 0 Å². The van der Waals surface area contributed by atoms with Gasteiger partial charge in [-0.2, -0.15) is 0 Å². The third-order valence-electron chi connectivity index (χ3n) is 5.85. The molecular formula is C18H20N2S.